The van der Waals surface area contributed by atoms with Crippen LogP contribution in [-0.4, -0.2) is 6.29 Å². The van der Waals surface area contributed by atoms with E-state index in [2.05, 4.69) is 0 Å². The van der Waals surface area contributed by atoms with Crippen molar-refractivity contribution in [1.82, 2.24) is 0 Å². The predicted octanol–water partition coefficient (Wildman–Crippen LogP) is 2.69. The van der Waals surface area contributed by atoms with Crippen molar-refractivity contribution >= 4 is 17.9 Å². The molecule has 0 saturated carbocycles. The molecular formula is C9H7ClFO. The third-order valence-corrected chi connectivity index (χ3v) is 1.91. The van der Waals surface area contributed by atoms with Crippen LogP contribution in [0.2, 0.25) is 5.02 Å². The Morgan fingerprint density at radius 1 is 1.58 bits per heavy atom. The molecule has 0 aromatic heterocycles. The molecule has 0 bridgehead atoms. The highest BCUT2D eigenvalue weighted by atomic mass is 35.5. The average molecular weight is 186 g/mol. The van der Waals surface area contributed by atoms with E-state index < -0.39 is 5.82 Å². The Morgan fingerprint density at radius 2 is 2.25 bits per heavy atom. The topological polar surface area (TPSA) is 17.1 Å². The first-order valence-electron chi connectivity index (χ1n) is 3.47. The Kier molecular flexibility index (Phi) is 2.82. The lowest BCUT2D eigenvalue weighted by atomic mass is 10.0. The molecular weight excluding hydrogens is 179 g/mol. The molecule has 63 valence electrons. The van der Waals surface area contributed by atoms with Gasteiger partial charge >= 0.3 is 0 Å². The average Bonchev–Trinajstić information content (AvgIpc) is 2.08. The maximum atomic E-state index is 12.6. The van der Waals surface area contributed by atoms with Gasteiger partial charge in [0.15, 0.2) is 0 Å². The fourth-order valence-electron chi connectivity index (χ4n) is 0.850. The summed E-state index contributed by atoms with van der Waals surface area (Å²) in [5.41, 5.74) is 0.677. The summed E-state index contributed by atoms with van der Waals surface area (Å²) in [4.78, 5) is 10.2. The Hall–Kier alpha value is -0.890. The van der Waals surface area contributed by atoms with Crippen LogP contribution in [0.25, 0.3) is 0 Å². The van der Waals surface area contributed by atoms with Crippen LogP contribution >= 0.6 is 11.6 Å². The lowest BCUT2D eigenvalue weighted by Crippen LogP contribution is -1.94. The van der Waals surface area contributed by atoms with E-state index in [1.807, 2.05) is 0 Å². The zero-order chi connectivity index (χ0) is 9.14. The minimum Gasteiger partial charge on any atom is -0.290 e. The number of hydrogen-bond donors (Lipinski definition) is 0. The normalized spacial score (nSPS) is 12.6. The molecule has 1 aromatic rings. The van der Waals surface area contributed by atoms with Gasteiger partial charge in [0.1, 0.15) is 5.82 Å². The number of carbonyl (C=O) groups excluding carboxylic acids is 1. The molecule has 0 spiro atoms. The first-order valence-corrected chi connectivity index (χ1v) is 3.85. The van der Waals surface area contributed by atoms with E-state index in [1.54, 1.807) is 13.2 Å². The highest BCUT2D eigenvalue weighted by molar-refractivity contribution is 6.30. The molecule has 1 atom stereocenters. The van der Waals surface area contributed by atoms with Gasteiger partial charge in [-0.2, -0.15) is 0 Å². The van der Waals surface area contributed by atoms with Gasteiger partial charge in [0.25, 0.3) is 0 Å². The lowest BCUT2D eigenvalue weighted by molar-refractivity contribution is 0.546. The number of benzene rings is 1. The summed E-state index contributed by atoms with van der Waals surface area (Å²) < 4.78 is 12.6. The van der Waals surface area contributed by atoms with Crippen LogP contribution in [-0.2, 0) is 4.79 Å². The molecule has 12 heavy (non-hydrogen) atoms. The first kappa shape index (κ1) is 9.20. The first-order chi connectivity index (χ1) is 5.65. The second-order valence-electron chi connectivity index (χ2n) is 2.51. The van der Waals surface area contributed by atoms with Crippen molar-refractivity contribution in [2.24, 2.45) is 0 Å². The lowest BCUT2D eigenvalue weighted by Gasteiger charge is -2.03. The van der Waals surface area contributed by atoms with Crippen molar-refractivity contribution in [2.45, 2.75) is 12.8 Å². The minimum atomic E-state index is -0.474. The van der Waals surface area contributed by atoms with E-state index in [1.165, 1.54) is 18.2 Å². The van der Waals surface area contributed by atoms with E-state index in [4.69, 9.17) is 11.6 Å². The van der Waals surface area contributed by atoms with Crippen molar-refractivity contribution in [1.29, 1.82) is 0 Å². The summed E-state index contributed by atoms with van der Waals surface area (Å²) in [5.74, 6) is -0.832. The van der Waals surface area contributed by atoms with Gasteiger partial charge in [-0.3, -0.25) is 4.79 Å². The Morgan fingerprint density at radius 3 is 2.75 bits per heavy atom. The van der Waals surface area contributed by atoms with Crippen LogP contribution in [0, 0.1) is 5.82 Å². The molecule has 0 fully saturated rings. The molecule has 0 N–H and O–H groups in total. The van der Waals surface area contributed by atoms with Gasteiger partial charge in [-0.15, -0.1) is 0 Å². The third-order valence-electron chi connectivity index (χ3n) is 1.62. The Labute approximate surface area is 75.2 Å². The second kappa shape index (κ2) is 3.68. The van der Waals surface area contributed by atoms with Crippen molar-refractivity contribution in [2.75, 3.05) is 0 Å². The van der Waals surface area contributed by atoms with Gasteiger partial charge in [0.2, 0.25) is 6.29 Å². The van der Waals surface area contributed by atoms with Crippen molar-refractivity contribution in [3.8, 4) is 0 Å². The van der Waals surface area contributed by atoms with Gasteiger partial charge in [-0.25, -0.2) is 4.39 Å². The van der Waals surface area contributed by atoms with Crippen LogP contribution in [0.3, 0.4) is 0 Å². The number of hydrogen-bond acceptors (Lipinski definition) is 1. The molecule has 0 saturated heterocycles. The summed E-state index contributed by atoms with van der Waals surface area (Å²) in [6.07, 6.45) is 1.80. The molecule has 0 aliphatic carbocycles. The molecule has 0 amide bonds. The zero-order valence-corrected chi connectivity index (χ0v) is 7.23. The highest BCUT2D eigenvalue weighted by Gasteiger charge is 2.07. The van der Waals surface area contributed by atoms with Crippen LogP contribution in [0.15, 0.2) is 18.2 Å². The second-order valence-corrected chi connectivity index (χ2v) is 2.92. The number of halogens is 2. The van der Waals surface area contributed by atoms with Gasteiger partial charge in [-0.05, 0) is 17.7 Å². The summed E-state index contributed by atoms with van der Waals surface area (Å²) in [6.45, 7) is 1.68. The Balaban J connectivity index is 3.04. The maximum absolute atomic E-state index is 12.6. The van der Waals surface area contributed by atoms with Crippen LogP contribution in [0.5, 0.6) is 0 Å². The van der Waals surface area contributed by atoms with Gasteiger partial charge < -0.3 is 0 Å². The quantitative estimate of drug-likeness (QED) is 0.693. The summed E-state index contributed by atoms with van der Waals surface area (Å²) >= 11 is 5.51. The number of rotatable bonds is 2. The molecule has 1 unspecified atom stereocenters. The van der Waals surface area contributed by atoms with Crippen molar-refractivity contribution < 1.29 is 9.18 Å². The fraction of sp³-hybridized carbons (Fsp3) is 0.222. The molecule has 0 heterocycles. The van der Waals surface area contributed by atoms with E-state index in [9.17, 15) is 9.18 Å². The molecule has 0 aliphatic heterocycles. The van der Waals surface area contributed by atoms with Crippen LogP contribution < -0.4 is 0 Å². The molecule has 1 rings (SSSR count). The van der Waals surface area contributed by atoms with E-state index >= 15 is 0 Å². The Bertz CT molecular complexity index is 299. The van der Waals surface area contributed by atoms with Gasteiger partial charge in [0.05, 0.1) is 5.02 Å². The van der Waals surface area contributed by atoms with Crippen molar-refractivity contribution in [3.05, 3.63) is 34.6 Å². The van der Waals surface area contributed by atoms with Crippen LogP contribution in [0.4, 0.5) is 4.39 Å². The van der Waals surface area contributed by atoms with E-state index in [0.29, 0.717) is 5.56 Å². The maximum Gasteiger partial charge on any atom is 0.206 e. The van der Waals surface area contributed by atoms with Crippen molar-refractivity contribution in [3.63, 3.8) is 0 Å². The van der Waals surface area contributed by atoms with Gasteiger partial charge in [-0.1, -0.05) is 24.6 Å². The molecule has 1 aromatic carbocycles. The SMILES string of the molecule is CC([C]=O)c1ccc(F)c(Cl)c1. The molecule has 1 radical (unpaired) electrons. The smallest absolute Gasteiger partial charge is 0.206 e. The van der Waals surface area contributed by atoms with Gasteiger partial charge in [0, 0.05) is 5.92 Å². The monoisotopic (exact) mass is 185 g/mol. The molecule has 0 aliphatic rings. The summed E-state index contributed by atoms with van der Waals surface area (Å²) in [6, 6.07) is 4.20. The zero-order valence-electron chi connectivity index (χ0n) is 6.47. The molecule has 3 heteroatoms. The fourth-order valence-corrected chi connectivity index (χ4v) is 1.04. The largest absolute Gasteiger partial charge is 0.290 e. The standard InChI is InChI=1S/C9H7ClFO/c1-6(5-12)7-2-3-9(11)8(10)4-7/h2-4,6H,1H3. The molecule has 1 nitrogen and oxygen atoms in total. The third kappa shape index (κ3) is 1.83. The summed E-state index contributed by atoms with van der Waals surface area (Å²) in [7, 11) is 0. The highest BCUT2D eigenvalue weighted by Crippen LogP contribution is 2.20. The summed E-state index contributed by atoms with van der Waals surface area (Å²) in [5, 5.41) is 0.0367. The van der Waals surface area contributed by atoms with E-state index in [-0.39, 0.29) is 10.9 Å². The van der Waals surface area contributed by atoms with E-state index in [0.717, 1.165) is 0 Å². The predicted molar refractivity (Wildman–Crippen MR) is 45.5 cm³/mol. The van der Waals surface area contributed by atoms with Crippen LogP contribution in [0.1, 0.15) is 18.4 Å². The minimum absolute atomic E-state index is 0.0367.